The van der Waals surface area contributed by atoms with Crippen molar-refractivity contribution in [1.29, 1.82) is 0 Å². The summed E-state index contributed by atoms with van der Waals surface area (Å²) in [5.41, 5.74) is 6.51. The highest BCUT2D eigenvalue weighted by atomic mass is 35.5. The molecule has 0 aliphatic carbocycles. The number of anilines is 1. The van der Waals surface area contributed by atoms with Gasteiger partial charge in [-0.3, -0.25) is 4.79 Å². The first-order chi connectivity index (χ1) is 7.15. The topological polar surface area (TPSA) is 55.1 Å². The van der Waals surface area contributed by atoms with Crippen LogP contribution in [0, 0.1) is 0 Å². The summed E-state index contributed by atoms with van der Waals surface area (Å²) < 4.78 is 0. The Morgan fingerprint density at radius 2 is 2.33 bits per heavy atom. The fourth-order valence-corrected chi connectivity index (χ4v) is 1.19. The molecule has 3 N–H and O–H groups in total. The number of hydrogen-bond acceptors (Lipinski definition) is 2. The Hall–Kier alpha value is -1.48. The third kappa shape index (κ3) is 3.29. The minimum atomic E-state index is -0.153. The van der Waals surface area contributed by atoms with Crippen LogP contribution in [0.25, 0.3) is 0 Å². The predicted octanol–water partition coefficient (Wildman–Crippen LogP) is 2.23. The quantitative estimate of drug-likeness (QED) is 0.468. The molecule has 0 aromatic heterocycles. The van der Waals surface area contributed by atoms with Crippen molar-refractivity contribution in [2.24, 2.45) is 0 Å². The molecule has 1 amide bonds. The van der Waals surface area contributed by atoms with Crippen LogP contribution in [0.2, 0.25) is 5.02 Å². The van der Waals surface area contributed by atoms with Gasteiger partial charge >= 0.3 is 0 Å². The Kier molecular flexibility index (Phi) is 4.18. The van der Waals surface area contributed by atoms with Gasteiger partial charge in [-0.1, -0.05) is 17.7 Å². The standard InChI is InChI=1S/C11H13ClN2O/c1-2-3-6-14-11(15)8-4-5-9(12)10(13)7-8/h2,4-5,7H,1,3,6,13H2,(H,14,15). The first-order valence-electron chi connectivity index (χ1n) is 4.59. The summed E-state index contributed by atoms with van der Waals surface area (Å²) in [6.45, 7) is 4.14. The molecule has 1 aromatic rings. The number of hydrogen-bond donors (Lipinski definition) is 2. The van der Waals surface area contributed by atoms with Crippen LogP contribution in [0.5, 0.6) is 0 Å². The highest BCUT2D eigenvalue weighted by Crippen LogP contribution is 2.19. The Morgan fingerprint density at radius 3 is 2.93 bits per heavy atom. The summed E-state index contributed by atoms with van der Waals surface area (Å²) in [5, 5.41) is 3.19. The first-order valence-corrected chi connectivity index (χ1v) is 4.97. The van der Waals surface area contributed by atoms with Crippen molar-refractivity contribution >= 4 is 23.2 Å². The lowest BCUT2D eigenvalue weighted by Crippen LogP contribution is -2.24. The van der Waals surface area contributed by atoms with E-state index in [1.807, 2.05) is 0 Å². The van der Waals surface area contributed by atoms with E-state index < -0.39 is 0 Å². The summed E-state index contributed by atoms with van der Waals surface area (Å²) in [6, 6.07) is 4.81. The molecule has 3 nitrogen and oxygen atoms in total. The second-order valence-electron chi connectivity index (χ2n) is 3.07. The van der Waals surface area contributed by atoms with Crippen molar-refractivity contribution in [2.75, 3.05) is 12.3 Å². The average Bonchev–Trinajstić information content (AvgIpc) is 2.22. The minimum Gasteiger partial charge on any atom is -0.398 e. The van der Waals surface area contributed by atoms with Crippen molar-refractivity contribution in [3.05, 3.63) is 41.4 Å². The maximum atomic E-state index is 11.5. The van der Waals surface area contributed by atoms with E-state index in [4.69, 9.17) is 17.3 Å². The van der Waals surface area contributed by atoms with Gasteiger partial charge in [0.05, 0.1) is 10.7 Å². The van der Waals surface area contributed by atoms with Crippen LogP contribution < -0.4 is 11.1 Å². The van der Waals surface area contributed by atoms with E-state index in [2.05, 4.69) is 11.9 Å². The van der Waals surface area contributed by atoms with Crippen LogP contribution in [0.1, 0.15) is 16.8 Å². The fraction of sp³-hybridized carbons (Fsp3) is 0.182. The van der Waals surface area contributed by atoms with Gasteiger partial charge in [-0.15, -0.1) is 6.58 Å². The third-order valence-corrected chi connectivity index (χ3v) is 2.24. The molecular formula is C11H13ClN2O. The number of halogens is 1. The molecular weight excluding hydrogens is 212 g/mol. The Morgan fingerprint density at radius 1 is 1.60 bits per heavy atom. The van der Waals surface area contributed by atoms with Crippen LogP contribution in [-0.2, 0) is 0 Å². The van der Waals surface area contributed by atoms with Crippen molar-refractivity contribution in [1.82, 2.24) is 5.32 Å². The number of carbonyl (C=O) groups excluding carboxylic acids is 1. The molecule has 80 valence electrons. The molecule has 0 aliphatic heterocycles. The molecule has 0 unspecified atom stereocenters. The Balaban J connectivity index is 2.65. The lowest BCUT2D eigenvalue weighted by Gasteiger charge is -2.05. The number of amides is 1. The highest BCUT2D eigenvalue weighted by Gasteiger charge is 2.05. The molecule has 0 saturated carbocycles. The SMILES string of the molecule is C=CCCNC(=O)c1ccc(Cl)c(N)c1. The van der Waals surface area contributed by atoms with E-state index >= 15 is 0 Å². The highest BCUT2D eigenvalue weighted by molar-refractivity contribution is 6.33. The number of benzene rings is 1. The van der Waals surface area contributed by atoms with Crippen molar-refractivity contribution < 1.29 is 4.79 Å². The maximum absolute atomic E-state index is 11.5. The van der Waals surface area contributed by atoms with E-state index in [9.17, 15) is 4.79 Å². The summed E-state index contributed by atoms with van der Waals surface area (Å²) in [7, 11) is 0. The number of nitrogen functional groups attached to an aromatic ring is 1. The molecule has 0 heterocycles. The number of nitrogens with two attached hydrogens (primary N) is 1. The van der Waals surface area contributed by atoms with E-state index in [0.717, 1.165) is 6.42 Å². The van der Waals surface area contributed by atoms with Gasteiger partial charge in [0.15, 0.2) is 0 Å². The maximum Gasteiger partial charge on any atom is 0.251 e. The predicted molar refractivity (Wildman–Crippen MR) is 63.0 cm³/mol. The largest absolute Gasteiger partial charge is 0.398 e. The van der Waals surface area contributed by atoms with E-state index in [1.54, 1.807) is 24.3 Å². The summed E-state index contributed by atoms with van der Waals surface area (Å²) in [5.74, 6) is -0.153. The minimum absolute atomic E-state index is 0.153. The van der Waals surface area contributed by atoms with Gasteiger partial charge in [0.1, 0.15) is 0 Å². The Labute approximate surface area is 93.9 Å². The summed E-state index contributed by atoms with van der Waals surface area (Å²) >= 11 is 5.74. The average molecular weight is 225 g/mol. The second-order valence-corrected chi connectivity index (χ2v) is 3.48. The fourth-order valence-electron chi connectivity index (χ4n) is 1.07. The van der Waals surface area contributed by atoms with Gasteiger partial charge in [0, 0.05) is 12.1 Å². The van der Waals surface area contributed by atoms with Gasteiger partial charge < -0.3 is 11.1 Å². The molecule has 0 atom stereocenters. The lowest BCUT2D eigenvalue weighted by molar-refractivity contribution is 0.0954. The monoisotopic (exact) mass is 224 g/mol. The molecule has 1 aromatic carbocycles. The van der Waals surface area contributed by atoms with Crippen LogP contribution >= 0.6 is 11.6 Å². The molecule has 1 rings (SSSR count). The zero-order chi connectivity index (χ0) is 11.3. The number of carbonyl (C=O) groups is 1. The first kappa shape index (κ1) is 11.6. The molecule has 15 heavy (non-hydrogen) atoms. The zero-order valence-corrected chi connectivity index (χ0v) is 9.05. The van der Waals surface area contributed by atoms with Crippen LogP contribution in [0.3, 0.4) is 0 Å². The molecule has 4 heteroatoms. The van der Waals surface area contributed by atoms with Crippen molar-refractivity contribution in [3.8, 4) is 0 Å². The van der Waals surface area contributed by atoms with Crippen molar-refractivity contribution in [3.63, 3.8) is 0 Å². The van der Waals surface area contributed by atoms with E-state index in [0.29, 0.717) is 22.8 Å². The molecule has 0 saturated heterocycles. The van der Waals surface area contributed by atoms with Crippen LogP contribution in [0.4, 0.5) is 5.69 Å². The molecule has 0 radical (unpaired) electrons. The number of nitrogens with one attached hydrogen (secondary N) is 1. The smallest absolute Gasteiger partial charge is 0.251 e. The van der Waals surface area contributed by atoms with E-state index in [1.165, 1.54) is 0 Å². The van der Waals surface area contributed by atoms with Crippen molar-refractivity contribution in [2.45, 2.75) is 6.42 Å². The molecule has 0 spiro atoms. The second kappa shape index (κ2) is 5.41. The summed E-state index contributed by atoms with van der Waals surface area (Å²) in [4.78, 5) is 11.5. The summed E-state index contributed by atoms with van der Waals surface area (Å²) in [6.07, 6.45) is 2.49. The molecule has 0 fully saturated rings. The van der Waals surface area contributed by atoms with Gasteiger partial charge in [0.2, 0.25) is 0 Å². The van der Waals surface area contributed by atoms with Crippen LogP contribution in [-0.4, -0.2) is 12.5 Å². The number of rotatable bonds is 4. The molecule has 0 aliphatic rings. The zero-order valence-electron chi connectivity index (χ0n) is 8.29. The Bertz CT molecular complexity index is 377. The van der Waals surface area contributed by atoms with Gasteiger partial charge in [-0.05, 0) is 24.6 Å². The van der Waals surface area contributed by atoms with Gasteiger partial charge in [-0.25, -0.2) is 0 Å². The van der Waals surface area contributed by atoms with Gasteiger partial charge in [0.25, 0.3) is 5.91 Å². The molecule has 0 bridgehead atoms. The van der Waals surface area contributed by atoms with Crippen LogP contribution in [0.15, 0.2) is 30.9 Å². The van der Waals surface area contributed by atoms with Gasteiger partial charge in [-0.2, -0.15) is 0 Å². The normalized spacial score (nSPS) is 9.67. The lowest BCUT2D eigenvalue weighted by atomic mass is 10.2. The third-order valence-electron chi connectivity index (χ3n) is 1.89. The van der Waals surface area contributed by atoms with E-state index in [-0.39, 0.29) is 5.91 Å².